The van der Waals surface area contributed by atoms with E-state index >= 15 is 0 Å². The van der Waals surface area contributed by atoms with Crippen molar-refractivity contribution in [1.29, 1.82) is 0 Å². The van der Waals surface area contributed by atoms with Gasteiger partial charge in [0, 0.05) is 29.7 Å². The Kier molecular flexibility index (Phi) is 5.19. The number of hydrogen-bond acceptors (Lipinski definition) is 7. The molecule has 11 heteroatoms. The molecule has 2 bridgehead atoms. The molecule has 0 aliphatic carbocycles. The van der Waals surface area contributed by atoms with Gasteiger partial charge < -0.3 is 24.3 Å². The number of nitrogens with zero attached hydrogens (tertiary/aromatic N) is 1. The van der Waals surface area contributed by atoms with Gasteiger partial charge in [-0.2, -0.15) is 0 Å². The molecule has 3 aliphatic heterocycles. The van der Waals surface area contributed by atoms with Crippen LogP contribution in [0.2, 0.25) is 0 Å². The van der Waals surface area contributed by atoms with Gasteiger partial charge >= 0.3 is 6.16 Å². The van der Waals surface area contributed by atoms with Crippen LogP contribution in [0.15, 0.2) is 34.1 Å². The Morgan fingerprint density at radius 1 is 1.28 bits per heavy atom. The van der Waals surface area contributed by atoms with Crippen LogP contribution < -0.4 is 15.0 Å². The molecule has 0 saturated carbocycles. The minimum absolute atomic E-state index is 0.0816. The van der Waals surface area contributed by atoms with Gasteiger partial charge in [-0.05, 0) is 57.0 Å². The summed E-state index contributed by atoms with van der Waals surface area (Å²) >= 11 is 0. The summed E-state index contributed by atoms with van der Waals surface area (Å²) in [4.78, 5) is 32.2. The first-order chi connectivity index (χ1) is 15.4. The van der Waals surface area contributed by atoms with E-state index in [0.29, 0.717) is 28.8 Å². The first-order valence-electron chi connectivity index (χ1n) is 10.6. The van der Waals surface area contributed by atoms with Crippen LogP contribution in [0, 0.1) is 5.92 Å². The van der Waals surface area contributed by atoms with Crippen molar-refractivity contribution < 1.29 is 22.7 Å². The lowest BCUT2D eigenvalue weighted by Crippen LogP contribution is -2.57. The van der Waals surface area contributed by atoms with Crippen molar-refractivity contribution in [1.82, 2.24) is 19.6 Å². The van der Waals surface area contributed by atoms with Gasteiger partial charge in [-0.25, -0.2) is 17.9 Å². The second-order valence-electron chi connectivity index (χ2n) is 8.22. The SMILES string of the molecule is CCOC(=O)Oc1c[nH]c2c(=O)[nH]c3ccc(S(=O)(=O)NC4CN5CCC4CC5)cc3c12. The molecular formula is C21H24N4O6S. The molecule has 1 aromatic carbocycles. The highest BCUT2D eigenvalue weighted by atomic mass is 32.2. The number of pyridine rings is 1. The minimum atomic E-state index is -3.79. The van der Waals surface area contributed by atoms with E-state index in [1.54, 1.807) is 13.0 Å². The van der Waals surface area contributed by atoms with E-state index in [2.05, 4.69) is 19.6 Å². The third-order valence-electron chi connectivity index (χ3n) is 6.31. The molecule has 0 spiro atoms. The molecule has 32 heavy (non-hydrogen) atoms. The van der Waals surface area contributed by atoms with Gasteiger partial charge in [0.25, 0.3) is 5.56 Å². The number of carbonyl (C=O) groups is 1. The molecule has 3 aliphatic rings. The van der Waals surface area contributed by atoms with Crippen molar-refractivity contribution in [3.63, 3.8) is 0 Å². The van der Waals surface area contributed by atoms with Crippen LogP contribution >= 0.6 is 0 Å². The molecule has 6 rings (SSSR count). The number of rotatable bonds is 5. The highest BCUT2D eigenvalue weighted by Gasteiger charge is 2.36. The number of hydrogen-bond donors (Lipinski definition) is 3. The predicted octanol–water partition coefficient (Wildman–Crippen LogP) is 1.92. The molecule has 0 radical (unpaired) electrons. The molecule has 3 aromatic rings. The second-order valence-corrected chi connectivity index (χ2v) is 9.93. The first-order valence-corrected chi connectivity index (χ1v) is 12.1. The van der Waals surface area contributed by atoms with E-state index in [-0.39, 0.29) is 28.8 Å². The topological polar surface area (TPSA) is 134 Å². The van der Waals surface area contributed by atoms with E-state index in [1.807, 2.05) is 0 Å². The fourth-order valence-corrected chi connectivity index (χ4v) is 6.05. The van der Waals surface area contributed by atoms with Gasteiger partial charge in [0.15, 0.2) is 5.75 Å². The number of H-pyrrole nitrogens is 2. The van der Waals surface area contributed by atoms with Crippen LogP contribution in [-0.2, 0) is 14.8 Å². The lowest BCUT2D eigenvalue weighted by atomic mass is 9.85. The van der Waals surface area contributed by atoms with Gasteiger partial charge in [-0.1, -0.05) is 0 Å². The molecule has 2 aromatic heterocycles. The number of fused-ring (bicyclic) bond motifs is 6. The molecule has 0 amide bonds. The van der Waals surface area contributed by atoms with Crippen LogP contribution in [0.1, 0.15) is 19.8 Å². The standard InChI is InChI=1S/C21H24N4O6S/c1-2-30-21(27)31-17-10-22-19-18(17)14-9-13(3-4-15(14)23-20(19)26)32(28,29)24-16-11-25-7-5-12(16)6-8-25/h3-4,9-10,12,16,22,24H,2,5-8,11H2,1H3,(H,23,26). The van der Waals surface area contributed by atoms with Crippen LogP contribution in [0.3, 0.4) is 0 Å². The fourth-order valence-electron chi connectivity index (χ4n) is 4.73. The molecule has 3 saturated heterocycles. The van der Waals surface area contributed by atoms with Crippen LogP contribution in [0.5, 0.6) is 5.75 Å². The first kappa shape index (κ1) is 21.0. The van der Waals surface area contributed by atoms with Crippen molar-refractivity contribution in [3.8, 4) is 5.75 Å². The molecule has 5 heterocycles. The lowest BCUT2D eigenvalue weighted by molar-refractivity contribution is 0.0827. The fraction of sp³-hybridized carbons (Fsp3) is 0.429. The largest absolute Gasteiger partial charge is 0.513 e. The summed E-state index contributed by atoms with van der Waals surface area (Å²) in [5.74, 6) is 0.432. The van der Waals surface area contributed by atoms with Crippen molar-refractivity contribution in [2.45, 2.75) is 30.7 Å². The number of benzene rings is 1. The zero-order chi connectivity index (χ0) is 22.5. The Labute approximate surface area is 183 Å². The molecule has 1 unspecified atom stereocenters. The van der Waals surface area contributed by atoms with E-state index in [0.717, 1.165) is 25.9 Å². The van der Waals surface area contributed by atoms with Gasteiger partial charge in [-0.15, -0.1) is 0 Å². The zero-order valence-corrected chi connectivity index (χ0v) is 18.3. The Morgan fingerprint density at radius 3 is 2.75 bits per heavy atom. The predicted molar refractivity (Wildman–Crippen MR) is 117 cm³/mol. The van der Waals surface area contributed by atoms with Crippen molar-refractivity contribution in [2.24, 2.45) is 5.92 Å². The average Bonchev–Trinajstić information content (AvgIpc) is 3.19. The molecule has 1 atom stereocenters. The number of aromatic amines is 2. The molecule has 3 N–H and O–H groups in total. The second kappa shape index (κ2) is 7.91. The number of ether oxygens (including phenoxy) is 2. The normalized spacial score (nSPS) is 23.0. The van der Waals surface area contributed by atoms with Gasteiger partial charge in [0.2, 0.25) is 10.0 Å². The summed E-state index contributed by atoms with van der Waals surface area (Å²) in [6.45, 7) is 4.53. The van der Waals surface area contributed by atoms with Crippen molar-refractivity contribution in [2.75, 3.05) is 26.2 Å². The van der Waals surface area contributed by atoms with Gasteiger partial charge in [0.1, 0.15) is 5.52 Å². The minimum Gasteiger partial charge on any atom is -0.434 e. The van der Waals surface area contributed by atoms with E-state index in [9.17, 15) is 18.0 Å². The molecule has 170 valence electrons. The number of carbonyl (C=O) groups excluding carboxylic acids is 1. The Hall–Kier alpha value is -2.89. The molecule has 3 fully saturated rings. The number of sulfonamides is 1. The van der Waals surface area contributed by atoms with E-state index in [4.69, 9.17) is 9.47 Å². The summed E-state index contributed by atoms with van der Waals surface area (Å²) < 4.78 is 39.3. The maximum Gasteiger partial charge on any atom is 0.513 e. The number of nitrogens with one attached hydrogen (secondary N) is 3. The molecular weight excluding hydrogens is 436 g/mol. The number of aromatic nitrogens is 2. The van der Waals surface area contributed by atoms with Crippen LogP contribution in [0.25, 0.3) is 21.8 Å². The summed E-state index contributed by atoms with van der Waals surface area (Å²) in [5, 5.41) is 0.758. The summed E-state index contributed by atoms with van der Waals surface area (Å²) in [5.41, 5.74) is 0.196. The summed E-state index contributed by atoms with van der Waals surface area (Å²) in [6, 6.07) is 4.38. The highest BCUT2D eigenvalue weighted by molar-refractivity contribution is 7.89. The zero-order valence-electron chi connectivity index (χ0n) is 17.5. The quantitative estimate of drug-likeness (QED) is 0.495. The maximum absolute atomic E-state index is 13.2. The van der Waals surface area contributed by atoms with Crippen molar-refractivity contribution >= 4 is 38.0 Å². The maximum atomic E-state index is 13.2. The van der Waals surface area contributed by atoms with E-state index < -0.39 is 21.7 Å². The highest BCUT2D eigenvalue weighted by Crippen LogP contribution is 2.33. The summed E-state index contributed by atoms with van der Waals surface area (Å²) in [6.07, 6.45) is 2.45. The Bertz CT molecular complexity index is 1350. The van der Waals surface area contributed by atoms with Gasteiger partial charge in [-0.3, -0.25) is 4.79 Å². The Balaban J connectivity index is 1.55. The van der Waals surface area contributed by atoms with Crippen molar-refractivity contribution in [3.05, 3.63) is 34.7 Å². The Morgan fingerprint density at radius 2 is 2.06 bits per heavy atom. The average molecular weight is 461 g/mol. The third kappa shape index (κ3) is 3.65. The van der Waals surface area contributed by atoms with Crippen LogP contribution in [0.4, 0.5) is 4.79 Å². The third-order valence-corrected chi connectivity index (χ3v) is 7.80. The van der Waals surface area contributed by atoms with Crippen LogP contribution in [-0.4, -0.2) is 61.7 Å². The van der Waals surface area contributed by atoms with Gasteiger partial charge in [0.05, 0.1) is 16.9 Å². The summed E-state index contributed by atoms with van der Waals surface area (Å²) in [7, 11) is -3.79. The monoisotopic (exact) mass is 460 g/mol. The smallest absolute Gasteiger partial charge is 0.434 e. The van der Waals surface area contributed by atoms with E-state index in [1.165, 1.54) is 18.3 Å². The molecule has 10 nitrogen and oxygen atoms in total. The lowest BCUT2D eigenvalue weighted by Gasteiger charge is -2.44. The number of piperidine rings is 3.